The van der Waals surface area contributed by atoms with E-state index in [1.165, 1.54) is 24.3 Å². The average molecular weight is 454 g/mol. The molecule has 1 amide bonds. The van der Waals surface area contributed by atoms with Gasteiger partial charge in [-0.15, -0.1) is 0 Å². The second kappa shape index (κ2) is 9.43. The first-order valence-electron chi connectivity index (χ1n) is 9.74. The summed E-state index contributed by atoms with van der Waals surface area (Å²) in [6.07, 6.45) is 0. The summed E-state index contributed by atoms with van der Waals surface area (Å²) < 4.78 is 41.2. The molecule has 1 N–H and O–H groups in total. The molecule has 2 aromatic carbocycles. The topological polar surface area (TPSA) is 69.7 Å². The van der Waals surface area contributed by atoms with E-state index >= 15 is 0 Å². The van der Waals surface area contributed by atoms with Crippen LogP contribution in [0.1, 0.15) is 29.8 Å². The molecule has 0 saturated carbocycles. The van der Waals surface area contributed by atoms with E-state index in [-0.39, 0.29) is 33.2 Å². The van der Waals surface area contributed by atoms with E-state index in [2.05, 4.69) is 9.62 Å². The predicted octanol–water partition coefficient (Wildman–Crippen LogP) is 3.12. The molecule has 0 aromatic heterocycles. The highest BCUT2D eigenvalue weighted by molar-refractivity contribution is 7.89. The second-order valence-corrected chi connectivity index (χ2v) is 9.70. The lowest BCUT2D eigenvalue weighted by Gasteiger charge is -2.35. The van der Waals surface area contributed by atoms with Crippen LogP contribution < -0.4 is 4.72 Å². The number of halogens is 2. The first-order valence-corrected chi connectivity index (χ1v) is 11.6. The molecular weight excluding hydrogens is 429 g/mol. The van der Waals surface area contributed by atoms with Crippen LogP contribution in [0.4, 0.5) is 4.39 Å². The van der Waals surface area contributed by atoms with Crippen LogP contribution in [0.3, 0.4) is 0 Å². The Morgan fingerprint density at radius 2 is 1.80 bits per heavy atom. The molecule has 30 heavy (non-hydrogen) atoms. The Kier molecular flexibility index (Phi) is 7.13. The molecule has 3 rings (SSSR count). The third kappa shape index (κ3) is 5.37. The number of amides is 1. The van der Waals surface area contributed by atoms with E-state index in [4.69, 9.17) is 11.6 Å². The molecular formula is C21H25ClFN3O3S. The molecule has 0 radical (unpaired) electrons. The van der Waals surface area contributed by atoms with Gasteiger partial charge < -0.3 is 4.90 Å². The van der Waals surface area contributed by atoms with E-state index < -0.39 is 10.0 Å². The largest absolute Gasteiger partial charge is 0.336 e. The monoisotopic (exact) mass is 453 g/mol. The second-order valence-electron chi connectivity index (χ2n) is 7.58. The molecule has 1 heterocycles. The van der Waals surface area contributed by atoms with Gasteiger partial charge in [-0.3, -0.25) is 9.69 Å². The Hall–Kier alpha value is -2.00. The minimum atomic E-state index is -3.73. The summed E-state index contributed by atoms with van der Waals surface area (Å²) in [4.78, 5) is 16.7. The summed E-state index contributed by atoms with van der Waals surface area (Å²) in [6.45, 7) is 6.00. The maximum Gasteiger partial charge on any atom is 0.255 e. The first-order chi connectivity index (χ1) is 14.2. The summed E-state index contributed by atoms with van der Waals surface area (Å²) in [5, 5.41) is 0.206. The van der Waals surface area contributed by atoms with Crippen LogP contribution in [0.25, 0.3) is 0 Å². The van der Waals surface area contributed by atoms with Gasteiger partial charge in [0.25, 0.3) is 5.91 Å². The average Bonchev–Trinajstić information content (AvgIpc) is 2.69. The number of rotatable bonds is 6. The van der Waals surface area contributed by atoms with Gasteiger partial charge in [-0.25, -0.2) is 17.5 Å². The molecule has 1 aliphatic heterocycles. The third-order valence-corrected chi connectivity index (χ3v) is 6.87. The van der Waals surface area contributed by atoms with E-state index in [0.717, 1.165) is 0 Å². The molecule has 9 heteroatoms. The van der Waals surface area contributed by atoms with Gasteiger partial charge in [0.2, 0.25) is 10.0 Å². The summed E-state index contributed by atoms with van der Waals surface area (Å²) >= 11 is 6.20. The number of carbonyl (C=O) groups is 1. The van der Waals surface area contributed by atoms with Crippen molar-refractivity contribution in [1.29, 1.82) is 0 Å². The standard InChI is InChI=1S/C21H25ClFN3O3S/c1-15(2)24-30(28,29)17-7-8-19(22)18(13-17)21(27)26-11-9-25(10-12-26)14-16-5-3-4-6-20(16)23/h3-8,13,15,24H,9-12,14H2,1-2H3. The number of piperazine rings is 1. The van der Waals surface area contributed by atoms with Gasteiger partial charge in [-0.1, -0.05) is 29.8 Å². The number of sulfonamides is 1. The zero-order chi connectivity index (χ0) is 21.9. The van der Waals surface area contributed by atoms with Gasteiger partial charge in [-0.05, 0) is 38.1 Å². The third-order valence-electron chi connectivity index (χ3n) is 4.88. The molecule has 0 bridgehead atoms. The minimum absolute atomic E-state index is 0.00198. The molecule has 1 aliphatic rings. The lowest BCUT2D eigenvalue weighted by Crippen LogP contribution is -2.48. The maximum absolute atomic E-state index is 13.9. The highest BCUT2D eigenvalue weighted by Crippen LogP contribution is 2.23. The molecule has 0 atom stereocenters. The van der Waals surface area contributed by atoms with Crippen molar-refractivity contribution in [1.82, 2.24) is 14.5 Å². The van der Waals surface area contributed by atoms with Crippen molar-refractivity contribution >= 4 is 27.5 Å². The van der Waals surface area contributed by atoms with Crippen molar-refractivity contribution in [2.24, 2.45) is 0 Å². The van der Waals surface area contributed by atoms with Crippen molar-refractivity contribution in [2.75, 3.05) is 26.2 Å². The number of hydrogen-bond donors (Lipinski definition) is 1. The molecule has 0 aliphatic carbocycles. The molecule has 1 saturated heterocycles. The van der Waals surface area contributed by atoms with Crippen molar-refractivity contribution in [3.05, 3.63) is 64.4 Å². The fraction of sp³-hybridized carbons (Fsp3) is 0.381. The van der Waals surface area contributed by atoms with Crippen LogP contribution in [0, 0.1) is 5.82 Å². The van der Waals surface area contributed by atoms with Crippen molar-refractivity contribution in [2.45, 2.75) is 31.3 Å². The van der Waals surface area contributed by atoms with Gasteiger partial charge in [0.1, 0.15) is 5.82 Å². The van der Waals surface area contributed by atoms with E-state index in [0.29, 0.717) is 38.3 Å². The number of nitrogens with zero attached hydrogens (tertiary/aromatic N) is 2. The summed E-state index contributed by atoms with van der Waals surface area (Å²) in [7, 11) is -3.73. The van der Waals surface area contributed by atoms with Crippen molar-refractivity contribution in [3.8, 4) is 0 Å². The van der Waals surface area contributed by atoms with Crippen molar-refractivity contribution < 1.29 is 17.6 Å². The first kappa shape index (κ1) is 22.7. The minimum Gasteiger partial charge on any atom is -0.336 e. The molecule has 2 aromatic rings. The van der Waals surface area contributed by atoms with Gasteiger partial charge in [0.15, 0.2) is 0 Å². The van der Waals surface area contributed by atoms with Crippen molar-refractivity contribution in [3.63, 3.8) is 0 Å². The predicted molar refractivity (Wildman–Crippen MR) is 114 cm³/mol. The van der Waals surface area contributed by atoms with Crippen LogP contribution in [0.2, 0.25) is 5.02 Å². The summed E-state index contributed by atoms with van der Waals surface area (Å²) in [5.41, 5.74) is 0.779. The Bertz CT molecular complexity index is 1020. The molecule has 0 unspecified atom stereocenters. The van der Waals surface area contributed by atoms with Gasteiger partial charge in [-0.2, -0.15) is 0 Å². The number of carbonyl (C=O) groups excluding carboxylic acids is 1. The van der Waals surface area contributed by atoms with Gasteiger partial charge in [0, 0.05) is 44.3 Å². The normalized spacial score (nSPS) is 15.6. The molecule has 1 fully saturated rings. The Labute approximate surface area is 181 Å². The Morgan fingerprint density at radius 1 is 1.13 bits per heavy atom. The number of hydrogen-bond acceptors (Lipinski definition) is 4. The van der Waals surface area contributed by atoms with Crippen LogP contribution in [-0.2, 0) is 16.6 Å². The van der Waals surface area contributed by atoms with Crippen LogP contribution in [0.5, 0.6) is 0 Å². The zero-order valence-corrected chi connectivity index (χ0v) is 18.5. The number of nitrogens with one attached hydrogen (secondary N) is 1. The highest BCUT2D eigenvalue weighted by atomic mass is 35.5. The maximum atomic E-state index is 13.9. The van der Waals surface area contributed by atoms with E-state index in [9.17, 15) is 17.6 Å². The fourth-order valence-electron chi connectivity index (χ4n) is 3.36. The molecule has 0 spiro atoms. The number of benzene rings is 2. The van der Waals surface area contributed by atoms with Crippen LogP contribution in [-0.4, -0.2) is 56.3 Å². The van der Waals surface area contributed by atoms with Crippen LogP contribution >= 0.6 is 11.6 Å². The molecule has 162 valence electrons. The SMILES string of the molecule is CC(C)NS(=O)(=O)c1ccc(Cl)c(C(=O)N2CCN(Cc3ccccc3F)CC2)c1. The Balaban J connectivity index is 1.69. The molecule has 6 nitrogen and oxygen atoms in total. The Morgan fingerprint density at radius 3 is 2.43 bits per heavy atom. The van der Waals surface area contributed by atoms with Gasteiger partial charge in [0.05, 0.1) is 15.5 Å². The van der Waals surface area contributed by atoms with E-state index in [1.54, 1.807) is 36.9 Å². The zero-order valence-electron chi connectivity index (χ0n) is 16.9. The summed E-state index contributed by atoms with van der Waals surface area (Å²) in [5.74, 6) is -0.553. The quantitative estimate of drug-likeness (QED) is 0.729. The lowest BCUT2D eigenvalue weighted by atomic mass is 10.1. The van der Waals surface area contributed by atoms with Crippen LogP contribution in [0.15, 0.2) is 47.4 Å². The fourth-order valence-corrected chi connectivity index (χ4v) is 4.84. The lowest BCUT2D eigenvalue weighted by molar-refractivity contribution is 0.0627. The van der Waals surface area contributed by atoms with Gasteiger partial charge >= 0.3 is 0 Å². The smallest absolute Gasteiger partial charge is 0.255 e. The summed E-state index contributed by atoms with van der Waals surface area (Å²) in [6, 6.07) is 10.5. The van der Waals surface area contributed by atoms with E-state index in [1.807, 2.05) is 0 Å². The highest BCUT2D eigenvalue weighted by Gasteiger charge is 2.26.